The van der Waals surface area contributed by atoms with Gasteiger partial charge in [0.2, 0.25) is 0 Å². The second-order valence-electron chi connectivity index (χ2n) is 3.62. The van der Waals surface area contributed by atoms with Gasteiger partial charge in [-0.1, -0.05) is 6.07 Å². The molecule has 2 heterocycles. The highest BCUT2D eigenvalue weighted by Gasteiger charge is 2.33. The van der Waals surface area contributed by atoms with Crippen LogP contribution < -0.4 is 15.3 Å². The fourth-order valence-corrected chi connectivity index (χ4v) is 1.72. The van der Waals surface area contributed by atoms with Crippen molar-refractivity contribution in [1.82, 2.24) is 5.01 Å². The van der Waals surface area contributed by atoms with Gasteiger partial charge >= 0.3 is 0 Å². The number of hydrazine groups is 1. The van der Waals surface area contributed by atoms with Crippen LogP contribution in [0.15, 0.2) is 18.2 Å². The first-order chi connectivity index (χ1) is 6.84. The highest BCUT2D eigenvalue weighted by Crippen LogP contribution is 2.37. The molecule has 2 atom stereocenters. The number of rotatable bonds is 1. The Morgan fingerprint density at radius 1 is 1.21 bits per heavy atom. The lowest BCUT2D eigenvalue weighted by molar-refractivity contribution is 0.171. The molecule has 0 aromatic heterocycles. The Kier molecular flexibility index (Phi) is 1.65. The number of benzene rings is 1. The zero-order chi connectivity index (χ0) is 9.54. The second kappa shape index (κ2) is 2.87. The maximum atomic E-state index is 5.64. The fourth-order valence-electron chi connectivity index (χ4n) is 1.72. The van der Waals surface area contributed by atoms with Crippen LogP contribution in [0.5, 0.6) is 11.5 Å². The molecule has 1 aromatic rings. The van der Waals surface area contributed by atoms with Gasteiger partial charge in [0.1, 0.15) is 13.2 Å². The zero-order valence-corrected chi connectivity index (χ0v) is 7.77. The molecule has 2 N–H and O–H groups in total. The van der Waals surface area contributed by atoms with Crippen LogP contribution in [-0.4, -0.2) is 24.8 Å². The molecule has 0 bridgehead atoms. The van der Waals surface area contributed by atoms with E-state index in [2.05, 4.69) is 0 Å². The topological polar surface area (TPSA) is 47.5 Å². The van der Waals surface area contributed by atoms with Crippen molar-refractivity contribution in [1.29, 1.82) is 0 Å². The van der Waals surface area contributed by atoms with Gasteiger partial charge in [0, 0.05) is 6.54 Å². The van der Waals surface area contributed by atoms with E-state index in [1.54, 1.807) is 5.01 Å². The Morgan fingerprint density at radius 2 is 1.93 bits per heavy atom. The second-order valence-corrected chi connectivity index (χ2v) is 3.62. The normalized spacial score (nSPS) is 28.6. The molecular weight excluding hydrogens is 180 g/mol. The van der Waals surface area contributed by atoms with E-state index in [0.717, 1.165) is 18.0 Å². The van der Waals surface area contributed by atoms with E-state index in [9.17, 15) is 0 Å². The van der Waals surface area contributed by atoms with Crippen molar-refractivity contribution in [2.24, 2.45) is 5.84 Å². The molecule has 1 fully saturated rings. The van der Waals surface area contributed by atoms with E-state index in [0.29, 0.717) is 19.3 Å². The SMILES string of the molecule is NN1CC1c1ccc2c(c1)OCCO2. The molecule has 4 heteroatoms. The van der Waals surface area contributed by atoms with Crippen LogP contribution in [0.25, 0.3) is 0 Å². The molecule has 0 spiro atoms. The van der Waals surface area contributed by atoms with Crippen molar-refractivity contribution in [2.75, 3.05) is 19.8 Å². The molecule has 0 saturated carbocycles. The Hall–Kier alpha value is -1.26. The molecule has 1 aromatic carbocycles. The standard InChI is InChI=1S/C10H12N2O2/c11-12-6-8(12)7-1-2-9-10(5-7)14-4-3-13-9/h1-2,5,8H,3-4,6,11H2. The molecule has 2 unspecified atom stereocenters. The van der Waals surface area contributed by atoms with Crippen LogP contribution in [-0.2, 0) is 0 Å². The lowest BCUT2D eigenvalue weighted by Gasteiger charge is -2.18. The van der Waals surface area contributed by atoms with E-state index in [1.165, 1.54) is 5.56 Å². The molecular formula is C10H12N2O2. The van der Waals surface area contributed by atoms with Crippen LogP contribution in [0.3, 0.4) is 0 Å². The summed E-state index contributed by atoms with van der Waals surface area (Å²) in [6.07, 6.45) is 0. The summed E-state index contributed by atoms with van der Waals surface area (Å²) in [6, 6.07) is 6.39. The summed E-state index contributed by atoms with van der Waals surface area (Å²) in [4.78, 5) is 0. The first-order valence-electron chi connectivity index (χ1n) is 4.75. The monoisotopic (exact) mass is 192 g/mol. The third-order valence-corrected chi connectivity index (χ3v) is 2.60. The van der Waals surface area contributed by atoms with Gasteiger partial charge in [0.15, 0.2) is 11.5 Å². The molecule has 1 saturated heterocycles. The first-order valence-corrected chi connectivity index (χ1v) is 4.75. The highest BCUT2D eigenvalue weighted by molar-refractivity contribution is 5.45. The van der Waals surface area contributed by atoms with Crippen molar-refractivity contribution in [3.63, 3.8) is 0 Å². The van der Waals surface area contributed by atoms with Gasteiger partial charge < -0.3 is 9.47 Å². The van der Waals surface area contributed by atoms with E-state index in [1.807, 2.05) is 18.2 Å². The minimum Gasteiger partial charge on any atom is -0.486 e. The van der Waals surface area contributed by atoms with Crippen LogP contribution in [0, 0.1) is 0 Å². The molecule has 0 aliphatic carbocycles. The van der Waals surface area contributed by atoms with Crippen LogP contribution in [0.4, 0.5) is 0 Å². The number of nitrogens with zero attached hydrogens (tertiary/aromatic N) is 1. The van der Waals surface area contributed by atoms with E-state index < -0.39 is 0 Å². The summed E-state index contributed by atoms with van der Waals surface area (Å²) >= 11 is 0. The summed E-state index contributed by atoms with van der Waals surface area (Å²) < 4.78 is 10.9. The minimum absolute atomic E-state index is 0.367. The molecule has 74 valence electrons. The summed E-state index contributed by atoms with van der Waals surface area (Å²) in [5.41, 5.74) is 1.21. The molecule has 0 amide bonds. The smallest absolute Gasteiger partial charge is 0.161 e. The average Bonchev–Trinajstić information content (AvgIpc) is 2.95. The van der Waals surface area contributed by atoms with Crippen molar-refractivity contribution in [3.8, 4) is 11.5 Å². The number of hydrogen-bond acceptors (Lipinski definition) is 4. The van der Waals surface area contributed by atoms with Gasteiger partial charge in [-0.3, -0.25) is 5.84 Å². The Balaban J connectivity index is 1.93. The molecule has 2 aliphatic heterocycles. The van der Waals surface area contributed by atoms with Gasteiger partial charge in [0.25, 0.3) is 0 Å². The van der Waals surface area contributed by atoms with Gasteiger partial charge in [-0.15, -0.1) is 0 Å². The highest BCUT2D eigenvalue weighted by atomic mass is 16.6. The van der Waals surface area contributed by atoms with Crippen LogP contribution in [0.2, 0.25) is 0 Å². The lowest BCUT2D eigenvalue weighted by atomic mass is 10.1. The Labute approximate surface area is 82.2 Å². The first kappa shape index (κ1) is 8.08. The fraction of sp³-hybridized carbons (Fsp3) is 0.400. The van der Waals surface area contributed by atoms with Gasteiger partial charge in [-0.25, -0.2) is 5.01 Å². The molecule has 0 radical (unpaired) electrons. The Bertz CT molecular complexity index is 367. The molecule has 2 aliphatic rings. The van der Waals surface area contributed by atoms with E-state index in [-0.39, 0.29) is 0 Å². The van der Waals surface area contributed by atoms with E-state index in [4.69, 9.17) is 15.3 Å². The molecule has 3 rings (SSSR count). The zero-order valence-electron chi connectivity index (χ0n) is 7.77. The van der Waals surface area contributed by atoms with Crippen molar-refractivity contribution < 1.29 is 9.47 Å². The number of nitrogens with two attached hydrogens (primary N) is 1. The third-order valence-electron chi connectivity index (χ3n) is 2.60. The summed E-state index contributed by atoms with van der Waals surface area (Å²) in [6.45, 7) is 2.20. The molecule has 4 nitrogen and oxygen atoms in total. The van der Waals surface area contributed by atoms with Crippen molar-refractivity contribution in [3.05, 3.63) is 23.8 Å². The maximum absolute atomic E-state index is 5.64. The van der Waals surface area contributed by atoms with Gasteiger partial charge in [-0.2, -0.15) is 0 Å². The number of hydrogen-bond donors (Lipinski definition) is 1. The largest absolute Gasteiger partial charge is 0.486 e. The number of ether oxygens (including phenoxy) is 2. The average molecular weight is 192 g/mol. The quantitative estimate of drug-likeness (QED) is 0.525. The minimum atomic E-state index is 0.367. The predicted octanol–water partition coefficient (Wildman–Crippen LogP) is 0.688. The number of fused-ring (bicyclic) bond motifs is 1. The van der Waals surface area contributed by atoms with Crippen LogP contribution in [0.1, 0.15) is 11.6 Å². The van der Waals surface area contributed by atoms with Gasteiger partial charge in [-0.05, 0) is 17.7 Å². The van der Waals surface area contributed by atoms with E-state index >= 15 is 0 Å². The van der Waals surface area contributed by atoms with Crippen molar-refractivity contribution >= 4 is 0 Å². The van der Waals surface area contributed by atoms with Gasteiger partial charge in [0.05, 0.1) is 6.04 Å². The summed E-state index contributed by atoms with van der Waals surface area (Å²) in [5.74, 6) is 7.31. The van der Waals surface area contributed by atoms with Crippen LogP contribution >= 0.6 is 0 Å². The Morgan fingerprint density at radius 3 is 2.64 bits per heavy atom. The third kappa shape index (κ3) is 1.23. The maximum Gasteiger partial charge on any atom is 0.161 e. The summed E-state index contributed by atoms with van der Waals surface area (Å²) in [7, 11) is 0. The molecule has 14 heavy (non-hydrogen) atoms. The lowest BCUT2D eigenvalue weighted by Crippen LogP contribution is -2.15. The van der Waals surface area contributed by atoms with Crippen molar-refractivity contribution in [2.45, 2.75) is 6.04 Å². The summed E-state index contributed by atoms with van der Waals surface area (Å²) in [5, 5.41) is 1.80. The predicted molar refractivity (Wildman–Crippen MR) is 51.1 cm³/mol.